The molecule has 0 saturated carbocycles. The Hall–Kier alpha value is -2.60. The van der Waals surface area contributed by atoms with Gasteiger partial charge in [-0.3, -0.25) is 9.88 Å². The Labute approximate surface area is 150 Å². The molecule has 26 heavy (non-hydrogen) atoms. The summed E-state index contributed by atoms with van der Waals surface area (Å²) in [5.41, 5.74) is 2.42. The molecule has 2 aromatic heterocycles. The first-order valence-electron chi connectivity index (χ1n) is 8.69. The molecule has 1 atom stereocenters. The Balaban J connectivity index is 1.35. The van der Waals surface area contributed by atoms with Gasteiger partial charge in [0, 0.05) is 36.6 Å². The zero-order valence-electron chi connectivity index (χ0n) is 14.2. The lowest BCUT2D eigenvalue weighted by Gasteiger charge is -2.14. The van der Waals surface area contributed by atoms with E-state index in [9.17, 15) is 8.78 Å². The maximum absolute atomic E-state index is 13.3. The van der Waals surface area contributed by atoms with E-state index in [0.29, 0.717) is 24.4 Å². The van der Waals surface area contributed by atoms with Crippen molar-refractivity contribution in [3.8, 4) is 11.3 Å². The Kier molecular flexibility index (Phi) is 4.75. The van der Waals surface area contributed by atoms with Crippen LogP contribution in [-0.4, -0.2) is 28.1 Å². The first-order valence-corrected chi connectivity index (χ1v) is 8.69. The molecule has 0 amide bonds. The van der Waals surface area contributed by atoms with E-state index in [1.165, 1.54) is 12.1 Å². The van der Waals surface area contributed by atoms with E-state index in [1.807, 2.05) is 18.2 Å². The third kappa shape index (κ3) is 3.96. The zero-order valence-corrected chi connectivity index (χ0v) is 14.2. The first kappa shape index (κ1) is 16.8. The summed E-state index contributed by atoms with van der Waals surface area (Å²) in [5.74, 6) is 0.164. The van der Waals surface area contributed by atoms with Gasteiger partial charge in [-0.2, -0.15) is 0 Å². The van der Waals surface area contributed by atoms with Gasteiger partial charge in [0.15, 0.2) is 5.76 Å². The van der Waals surface area contributed by atoms with E-state index in [-0.39, 0.29) is 0 Å². The van der Waals surface area contributed by atoms with E-state index >= 15 is 0 Å². The summed E-state index contributed by atoms with van der Waals surface area (Å²) < 4.78 is 32.1. The summed E-state index contributed by atoms with van der Waals surface area (Å²) >= 11 is 0. The Morgan fingerprint density at radius 2 is 2.00 bits per heavy atom. The molecule has 0 radical (unpaired) electrons. The second-order valence-electron chi connectivity index (χ2n) is 6.79. The van der Waals surface area contributed by atoms with Gasteiger partial charge in [-0.25, -0.2) is 8.78 Å². The first-order chi connectivity index (χ1) is 12.7. The predicted octanol–water partition coefficient (Wildman–Crippen LogP) is 4.08. The van der Waals surface area contributed by atoms with Crippen molar-refractivity contribution in [2.24, 2.45) is 5.92 Å². The summed E-state index contributed by atoms with van der Waals surface area (Å²) in [7, 11) is 0. The molecule has 3 heterocycles. The minimum Gasteiger partial charge on any atom is -0.359 e. The number of aromatic nitrogens is 2. The minimum absolute atomic E-state index is 0.386. The van der Waals surface area contributed by atoms with Crippen LogP contribution in [0.5, 0.6) is 0 Å². The SMILES string of the molecule is Fc1cc(F)cc(CC2CCN(Cc3cc(-c4cccnc4)no3)C2)c1. The lowest BCUT2D eigenvalue weighted by molar-refractivity contribution is 0.266. The number of rotatable bonds is 5. The fraction of sp³-hybridized carbons (Fsp3) is 0.300. The highest BCUT2D eigenvalue weighted by Crippen LogP contribution is 2.25. The Morgan fingerprint density at radius 1 is 1.15 bits per heavy atom. The Morgan fingerprint density at radius 3 is 2.77 bits per heavy atom. The lowest BCUT2D eigenvalue weighted by Crippen LogP contribution is -2.20. The number of hydrogen-bond acceptors (Lipinski definition) is 4. The van der Waals surface area contributed by atoms with Crippen LogP contribution in [0.2, 0.25) is 0 Å². The molecule has 1 unspecified atom stereocenters. The van der Waals surface area contributed by atoms with Crippen LogP contribution in [-0.2, 0) is 13.0 Å². The third-order valence-corrected chi connectivity index (χ3v) is 4.71. The Bertz CT molecular complexity index is 862. The monoisotopic (exact) mass is 355 g/mol. The van der Waals surface area contributed by atoms with Crippen molar-refractivity contribution in [3.05, 3.63) is 71.8 Å². The average Bonchev–Trinajstić information content (AvgIpc) is 3.25. The molecule has 134 valence electrons. The van der Waals surface area contributed by atoms with Gasteiger partial charge in [0.05, 0.1) is 6.54 Å². The van der Waals surface area contributed by atoms with E-state index < -0.39 is 11.6 Å². The van der Waals surface area contributed by atoms with Gasteiger partial charge < -0.3 is 4.52 Å². The summed E-state index contributed by atoms with van der Waals surface area (Å²) in [4.78, 5) is 6.38. The van der Waals surface area contributed by atoms with Crippen LogP contribution in [0.3, 0.4) is 0 Å². The van der Waals surface area contributed by atoms with Gasteiger partial charge in [0.1, 0.15) is 17.3 Å². The van der Waals surface area contributed by atoms with E-state index in [4.69, 9.17) is 4.52 Å². The lowest BCUT2D eigenvalue weighted by atomic mass is 9.98. The largest absolute Gasteiger partial charge is 0.359 e. The highest BCUT2D eigenvalue weighted by atomic mass is 19.1. The van der Waals surface area contributed by atoms with E-state index in [0.717, 1.165) is 42.6 Å². The van der Waals surface area contributed by atoms with Crippen LogP contribution < -0.4 is 0 Å². The molecule has 0 bridgehead atoms. The fourth-order valence-electron chi connectivity index (χ4n) is 3.54. The number of pyridine rings is 1. The number of nitrogens with zero attached hydrogens (tertiary/aromatic N) is 3. The quantitative estimate of drug-likeness (QED) is 0.692. The summed E-state index contributed by atoms with van der Waals surface area (Å²) in [6.07, 6.45) is 5.16. The molecule has 0 spiro atoms. The summed E-state index contributed by atoms with van der Waals surface area (Å²) in [6, 6.07) is 9.49. The van der Waals surface area contributed by atoms with Crippen molar-refractivity contribution >= 4 is 0 Å². The van der Waals surface area contributed by atoms with Crippen LogP contribution in [0.1, 0.15) is 17.7 Å². The van der Waals surface area contributed by atoms with Gasteiger partial charge in [-0.1, -0.05) is 5.16 Å². The van der Waals surface area contributed by atoms with Gasteiger partial charge >= 0.3 is 0 Å². The fourth-order valence-corrected chi connectivity index (χ4v) is 3.54. The number of halogens is 2. The molecule has 3 aromatic rings. The second-order valence-corrected chi connectivity index (χ2v) is 6.79. The van der Waals surface area contributed by atoms with Crippen LogP contribution in [0.4, 0.5) is 8.78 Å². The van der Waals surface area contributed by atoms with Crippen LogP contribution in [0, 0.1) is 17.6 Å². The van der Waals surface area contributed by atoms with Crippen molar-refractivity contribution < 1.29 is 13.3 Å². The molecular weight excluding hydrogens is 336 g/mol. The molecule has 4 rings (SSSR count). The van der Waals surface area contributed by atoms with Crippen molar-refractivity contribution in [1.29, 1.82) is 0 Å². The van der Waals surface area contributed by atoms with Gasteiger partial charge in [0.25, 0.3) is 0 Å². The number of likely N-dealkylation sites (tertiary alicyclic amines) is 1. The highest BCUT2D eigenvalue weighted by molar-refractivity contribution is 5.57. The standard InChI is InChI=1S/C20H19F2N3O/c21-17-7-15(8-18(22)9-17)6-14-3-5-25(12-14)13-19-10-20(24-26-19)16-2-1-4-23-11-16/h1-2,4,7-11,14H,3,5-6,12-13H2. The van der Waals surface area contributed by atoms with Gasteiger partial charge in [0.2, 0.25) is 0 Å². The van der Waals surface area contributed by atoms with E-state index in [1.54, 1.807) is 12.4 Å². The van der Waals surface area contributed by atoms with Crippen molar-refractivity contribution in [1.82, 2.24) is 15.0 Å². The topological polar surface area (TPSA) is 42.2 Å². The molecule has 0 aliphatic carbocycles. The summed E-state index contributed by atoms with van der Waals surface area (Å²) in [6.45, 7) is 2.49. The van der Waals surface area contributed by atoms with E-state index in [2.05, 4.69) is 15.0 Å². The van der Waals surface area contributed by atoms with Crippen molar-refractivity contribution in [3.63, 3.8) is 0 Å². The molecule has 1 saturated heterocycles. The van der Waals surface area contributed by atoms with Crippen LogP contribution in [0.15, 0.2) is 53.3 Å². The molecule has 1 aromatic carbocycles. The number of hydrogen-bond donors (Lipinski definition) is 0. The maximum atomic E-state index is 13.3. The third-order valence-electron chi connectivity index (χ3n) is 4.71. The molecule has 1 aliphatic rings. The average molecular weight is 355 g/mol. The van der Waals surface area contributed by atoms with Crippen LogP contribution in [0.25, 0.3) is 11.3 Å². The normalized spacial score (nSPS) is 17.7. The molecule has 1 aliphatic heterocycles. The van der Waals surface area contributed by atoms with Crippen molar-refractivity contribution in [2.45, 2.75) is 19.4 Å². The maximum Gasteiger partial charge on any atom is 0.151 e. The zero-order chi connectivity index (χ0) is 17.9. The van der Waals surface area contributed by atoms with Crippen LogP contribution >= 0.6 is 0 Å². The second kappa shape index (κ2) is 7.33. The number of benzene rings is 1. The van der Waals surface area contributed by atoms with Gasteiger partial charge in [-0.05, 0) is 55.1 Å². The molecule has 4 nitrogen and oxygen atoms in total. The molecule has 1 fully saturated rings. The summed E-state index contributed by atoms with van der Waals surface area (Å²) in [5, 5.41) is 4.11. The van der Waals surface area contributed by atoms with Crippen molar-refractivity contribution in [2.75, 3.05) is 13.1 Å². The molecule has 0 N–H and O–H groups in total. The highest BCUT2D eigenvalue weighted by Gasteiger charge is 2.24. The minimum atomic E-state index is -0.514. The predicted molar refractivity (Wildman–Crippen MR) is 93.2 cm³/mol. The van der Waals surface area contributed by atoms with Gasteiger partial charge in [-0.15, -0.1) is 0 Å². The molecule has 6 heteroatoms. The smallest absolute Gasteiger partial charge is 0.151 e. The molecular formula is C20H19F2N3O.